The fourth-order valence-electron chi connectivity index (χ4n) is 1.84. The van der Waals surface area contributed by atoms with Crippen molar-refractivity contribution in [3.63, 3.8) is 0 Å². The Morgan fingerprint density at radius 2 is 2.14 bits per heavy atom. The lowest BCUT2D eigenvalue weighted by Gasteiger charge is -2.18. The summed E-state index contributed by atoms with van der Waals surface area (Å²) in [7, 11) is 3.12. The van der Waals surface area contributed by atoms with E-state index in [9.17, 15) is 9.18 Å². The van der Waals surface area contributed by atoms with E-state index in [1.54, 1.807) is 31.3 Å². The number of nitrogens with zero attached hydrogens (tertiary/aromatic N) is 2. The number of hydrogen-bond acceptors (Lipinski definition) is 3. The molecule has 1 aromatic carbocycles. The van der Waals surface area contributed by atoms with E-state index < -0.39 is 0 Å². The van der Waals surface area contributed by atoms with Crippen LogP contribution in [0.25, 0.3) is 0 Å². The summed E-state index contributed by atoms with van der Waals surface area (Å²) >= 11 is 3.29. The molecule has 0 N–H and O–H groups in total. The molecule has 0 unspecified atom stereocenters. The second-order valence-corrected chi connectivity index (χ2v) is 5.40. The summed E-state index contributed by atoms with van der Waals surface area (Å²) in [6.07, 6.45) is 1.44. The van der Waals surface area contributed by atoms with E-state index in [4.69, 9.17) is 4.74 Å². The topological polar surface area (TPSA) is 42.4 Å². The van der Waals surface area contributed by atoms with Crippen molar-refractivity contribution in [1.82, 2.24) is 9.88 Å². The van der Waals surface area contributed by atoms with Crippen LogP contribution in [0.4, 0.5) is 4.39 Å². The average Bonchev–Trinajstić information content (AvgIpc) is 2.50. The van der Waals surface area contributed by atoms with Crippen LogP contribution >= 0.6 is 15.9 Å². The van der Waals surface area contributed by atoms with Gasteiger partial charge in [0.25, 0.3) is 5.91 Å². The van der Waals surface area contributed by atoms with Gasteiger partial charge in [0.05, 0.1) is 12.7 Å². The van der Waals surface area contributed by atoms with E-state index in [0.717, 1.165) is 4.47 Å². The van der Waals surface area contributed by atoms with Gasteiger partial charge < -0.3 is 9.64 Å². The Morgan fingerprint density at radius 3 is 2.76 bits per heavy atom. The van der Waals surface area contributed by atoms with E-state index >= 15 is 0 Å². The first-order valence-electron chi connectivity index (χ1n) is 6.20. The molecule has 6 heteroatoms. The molecule has 1 aromatic heterocycles. The van der Waals surface area contributed by atoms with Crippen LogP contribution in [0, 0.1) is 5.82 Å². The molecule has 2 aromatic rings. The van der Waals surface area contributed by atoms with Gasteiger partial charge in [0.2, 0.25) is 5.88 Å². The Balaban J connectivity index is 2.13. The lowest BCUT2D eigenvalue weighted by molar-refractivity contribution is 0.0783. The number of halogens is 2. The number of rotatable bonds is 4. The predicted octanol–water partition coefficient (Wildman–Crippen LogP) is 3.26. The van der Waals surface area contributed by atoms with Crippen LogP contribution in [-0.4, -0.2) is 29.9 Å². The van der Waals surface area contributed by atoms with Crippen molar-refractivity contribution in [2.45, 2.75) is 6.54 Å². The summed E-state index contributed by atoms with van der Waals surface area (Å²) in [5.74, 6) is -0.137. The van der Waals surface area contributed by atoms with Gasteiger partial charge in [0, 0.05) is 35.9 Å². The number of benzene rings is 1. The van der Waals surface area contributed by atoms with Gasteiger partial charge in [-0.2, -0.15) is 0 Å². The Kier molecular flexibility index (Phi) is 4.90. The third-order valence-corrected chi connectivity index (χ3v) is 3.45. The number of amides is 1. The standard InChI is InChI=1S/C15H14BrFN2O2/c1-19(9-11-7-12(16)4-5-13(11)17)15(20)10-3-6-14(21-2)18-8-10/h3-8H,9H2,1-2H3. The van der Waals surface area contributed by atoms with E-state index in [2.05, 4.69) is 20.9 Å². The summed E-state index contributed by atoms with van der Waals surface area (Å²) in [5, 5.41) is 0. The Bertz CT molecular complexity index is 647. The van der Waals surface area contributed by atoms with Crippen LogP contribution < -0.4 is 4.74 Å². The van der Waals surface area contributed by atoms with Crippen LogP contribution in [-0.2, 0) is 6.54 Å². The summed E-state index contributed by atoms with van der Waals surface area (Å²) in [6.45, 7) is 0.177. The lowest BCUT2D eigenvalue weighted by Crippen LogP contribution is -2.26. The second kappa shape index (κ2) is 6.67. The lowest BCUT2D eigenvalue weighted by atomic mass is 10.2. The SMILES string of the molecule is COc1ccc(C(=O)N(C)Cc2cc(Br)ccc2F)cn1. The quantitative estimate of drug-likeness (QED) is 0.847. The van der Waals surface area contributed by atoms with Crippen LogP contribution in [0.1, 0.15) is 15.9 Å². The van der Waals surface area contributed by atoms with Gasteiger partial charge in [-0.1, -0.05) is 15.9 Å². The van der Waals surface area contributed by atoms with Crippen molar-refractivity contribution >= 4 is 21.8 Å². The maximum atomic E-state index is 13.7. The summed E-state index contributed by atoms with van der Waals surface area (Å²) in [5.41, 5.74) is 0.871. The Hall–Kier alpha value is -1.95. The maximum Gasteiger partial charge on any atom is 0.255 e. The Morgan fingerprint density at radius 1 is 1.38 bits per heavy atom. The predicted molar refractivity (Wildman–Crippen MR) is 80.7 cm³/mol. The molecule has 21 heavy (non-hydrogen) atoms. The zero-order chi connectivity index (χ0) is 15.4. The molecule has 0 spiro atoms. The smallest absolute Gasteiger partial charge is 0.255 e. The number of methoxy groups -OCH3 is 1. The van der Waals surface area contributed by atoms with Crippen molar-refractivity contribution in [3.05, 3.63) is 57.9 Å². The van der Waals surface area contributed by atoms with E-state index in [-0.39, 0.29) is 18.3 Å². The van der Waals surface area contributed by atoms with Crippen LogP contribution in [0.2, 0.25) is 0 Å². The molecular weight excluding hydrogens is 339 g/mol. The highest BCUT2D eigenvalue weighted by molar-refractivity contribution is 9.10. The van der Waals surface area contributed by atoms with Crippen molar-refractivity contribution in [3.8, 4) is 5.88 Å². The van der Waals surface area contributed by atoms with E-state index in [1.807, 2.05) is 0 Å². The van der Waals surface area contributed by atoms with Gasteiger partial charge in [-0.25, -0.2) is 9.37 Å². The van der Waals surface area contributed by atoms with Crippen molar-refractivity contribution in [2.75, 3.05) is 14.2 Å². The molecule has 110 valence electrons. The minimum atomic E-state index is -0.342. The van der Waals surface area contributed by atoms with Gasteiger partial charge in [0.15, 0.2) is 0 Å². The van der Waals surface area contributed by atoms with Crippen LogP contribution in [0.5, 0.6) is 5.88 Å². The van der Waals surface area contributed by atoms with Gasteiger partial charge in [-0.3, -0.25) is 4.79 Å². The molecule has 0 aliphatic rings. The van der Waals surface area contributed by atoms with E-state index in [0.29, 0.717) is 17.0 Å². The number of carbonyl (C=O) groups excluding carboxylic acids is 1. The molecule has 4 nitrogen and oxygen atoms in total. The molecule has 0 atom stereocenters. The van der Waals surface area contributed by atoms with Gasteiger partial charge >= 0.3 is 0 Å². The maximum absolute atomic E-state index is 13.7. The molecule has 0 saturated heterocycles. The zero-order valence-corrected chi connectivity index (χ0v) is 13.2. The fraction of sp³-hybridized carbons (Fsp3) is 0.200. The summed E-state index contributed by atoms with van der Waals surface area (Å²) < 4.78 is 19.4. The third-order valence-electron chi connectivity index (χ3n) is 2.95. The monoisotopic (exact) mass is 352 g/mol. The number of hydrogen-bond donors (Lipinski definition) is 0. The van der Waals surface area contributed by atoms with Crippen molar-refractivity contribution in [2.24, 2.45) is 0 Å². The molecule has 0 fully saturated rings. The van der Waals surface area contributed by atoms with Crippen LogP contribution in [0.15, 0.2) is 41.0 Å². The zero-order valence-electron chi connectivity index (χ0n) is 11.6. The normalized spacial score (nSPS) is 10.3. The number of ether oxygens (including phenoxy) is 1. The molecule has 0 aliphatic heterocycles. The van der Waals surface area contributed by atoms with Crippen molar-refractivity contribution < 1.29 is 13.9 Å². The number of aromatic nitrogens is 1. The van der Waals surface area contributed by atoms with Gasteiger partial charge in [0.1, 0.15) is 5.82 Å². The molecule has 0 bridgehead atoms. The summed E-state index contributed by atoms with van der Waals surface area (Å²) in [4.78, 5) is 17.7. The minimum absolute atomic E-state index is 0.177. The minimum Gasteiger partial charge on any atom is -0.481 e. The van der Waals surface area contributed by atoms with Gasteiger partial charge in [-0.05, 0) is 24.3 Å². The average molecular weight is 353 g/mol. The molecule has 1 amide bonds. The number of pyridine rings is 1. The van der Waals surface area contributed by atoms with Crippen molar-refractivity contribution in [1.29, 1.82) is 0 Å². The highest BCUT2D eigenvalue weighted by Crippen LogP contribution is 2.18. The van der Waals surface area contributed by atoms with Crippen LogP contribution in [0.3, 0.4) is 0 Å². The first-order chi connectivity index (χ1) is 10.0. The largest absolute Gasteiger partial charge is 0.481 e. The molecule has 0 saturated carbocycles. The number of carbonyl (C=O) groups is 1. The first-order valence-corrected chi connectivity index (χ1v) is 7.00. The molecule has 2 rings (SSSR count). The fourth-order valence-corrected chi connectivity index (χ4v) is 2.25. The summed E-state index contributed by atoms with van der Waals surface area (Å²) in [6, 6.07) is 7.88. The molecule has 0 aliphatic carbocycles. The Labute approximate surface area is 130 Å². The highest BCUT2D eigenvalue weighted by Gasteiger charge is 2.14. The molecular formula is C15H14BrFN2O2. The molecule has 1 heterocycles. The van der Waals surface area contributed by atoms with Gasteiger partial charge in [-0.15, -0.1) is 0 Å². The second-order valence-electron chi connectivity index (χ2n) is 4.49. The first kappa shape index (κ1) is 15.4. The van der Waals surface area contributed by atoms with E-state index in [1.165, 1.54) is 24.3 Å². The highest BCUT2D eigenvalue weighted by atomic mass is 79.9. The third kappa shape index (κ3) is 3.78. The molecule has 0 radical (unpaired) electrons.